The fourth-order valence-electron chi connectivity index (χ4n) is 3.59. The van der Waals surface area contributed by atoms with Gasteiger partial charge in [0.1, 0.15) is 12.0 Å². The first-order chi connectivity index (χ1) is 16.4. The van der Waals surface area contributed by atoms with Crippen LogP contribution in [-0.2, 0) is 17.8 Å². The van der Waals surface area contributed by atoms with E-state index < -0.39 is 11.9 Å². The lowest BCUT2D eigenvalue weighted by molar-refractivity contribution is -0.109. The summed E-state index contributed by atoms with van der Waals surface area (Å²) < 4.78 is 5.49. The molecule has 0 radical (unpaired) electrons. The summed E-state index contributed by atoms with van der Waals surface area (Å²) in [7, 11) is 5.30. The number of nitrogens with zero attached hydrogens (tertiary/aromatic N) is 1. The zero-order valence-corrected chi connectivity index (χ0v) is 19.6. The molecule has 0 aromatic heterocycles. The average molecular weight is 460 g/mol. The number of hydrogen-bond acceptors (Lipinski definition) is 5. The van der Waals surface area contributed by atoms with E-state index >= 15 is 0 Å². The number of aldehydes is 1. The summed E-state index contributed by atoms with van der Waals surface area (Å²) in [5.41, 5.74) is 2.96. The standard InChI is InChI=1S/C27H29N3O4/c1-30(2)17-21-15-25(34-3)23(16-24(21)29-26(32)20-12-8-5-9-13-20)27(33)28-22(18-31)14-19-10-6-4-7-11-19/h4-13,15-16,18,22H,14,17H2,1-3H3,(H,28,33)(H,29,32). The predicted octanol–water partition coefficient (Wildman–Crippen LogP) is 3.55. The molecule has 0 fully saturated rings. The Hall–Kier alpha value is -3.97. The number of rotatable bonds is 10. The van der Waals surface area contributed by atoms with Crippen LogP contribution in [-0.4, -0.2) is 50.2 Å². The first-order valence-corrected chi connectivity index (χ1v) is 10.9. The Labute approximate surface area is 199 Å². The minimum absolute atomic E-state index is 0.230. The van der Waals surface area contributed by atoms with Crippen molar-refractivity contribution in [1.82, 2.24) is 10.2 Å². The minimum Gasteiger partial charge on any atom is -0.496 e. The Kier molecular flexibility index (Phi) is 8.54. The lowest BCUT2D eigenvalue weighted by atomic mass is 10.0. The van der Waals surface area contributed by atoms with E-state index in [-0.39, 0.29) is 11.5 Å². The van der Waals surface area contributed by atoms with E-state index in [0.29, 0.717) is 30.0 Å². The van der Waals surface area contributed by atoms with Crippen LogP contribution in [0.25, 0.3) is 0 Å². The van der Waals surface area contributed by atoms with Crippen LogP contribution in [0, 0.1) is 0 Å². The van der Waals surface area contributed by atoms with Crippen molar-refractivity contribution in [2.45, 2.75) is 19.0 Å². The highest BCUT2D eigenvalue weighted by molar-refractivity contribution is 6.06. The second-order valence-corrected chi connectivity index (χ2v) is 8.17. The number of anilines is 1. The molecule has 7 heteroatoms. The molecule has 3 aromatic rings. The molecule has 0 spiro atoms. The maximum atomic E-state index is 13.2. The molecule has 2 amide bonds. The van der Waals surface area contributed by atoms with E-state index in [0.717, 1.165) is 17.4 Å². The number of ether oxygens (including phenoxy) is 1. The van der Waals surface area contributed by atoms with E-state index in [1.54, 1.807) is 36.4 Å². The number of amides is 2. The summed E-state index contributed by atoms with van der Waals surface area (Å²) in [6.45, 7) is 0.521. The number of methoxy groups -OCH3 is 1. The van der Waals surface area contributed by atoms with Crippen LogP contribution in [0.5, 0.6) is 5.75 Å². The summed E-state index contributed by atoms with van der Waals surface area (Å²) >= 11 is 0. The number of benzene rings is 3. The van der Waals surface area contributed by atoms with E-state index in [4.69, 9.17) is 4.74 Å². The quantitative estimate of drug-likeness (QED) is 0.453. The number of carbonyl (C=O) groups excluding carboxylic acids is 3. The van der Waals surface area contributed by atoms with Gasteiger partial charge >= 0.3 is 0 Å². The Morgan fingerprint density at radius 1 is 0.971 bits per heavy atom. The number of hydrogen-bond donors (Lipinski definition) is 2. The van der Waals surface area contributed by atoms with Gasteiger partial charge in [0.05, 0.1) is 18.7 Å². The van der Waals surface area contributed by atoms with Gasteiger partial charge in [0, 0.05) is 17.8 Å². The van der Waals surface area contributed by atoms with Gasteiger partial charge in [0.15, 0.2) is 0 Å². The first kappa shape index (κ1) is 24.7. The number of nitrogens with one attached hydrogen (secondary N) is 2. The molecule has 2 N–H and O–H groups in total. The van der Waals surface area contributed by atoms with Crippen molar-refractivity contribution in [3.8, 4) is 5.75 Å². The smallest absolute Gasteiger partial charge is 0.255 e. The van der Waals surface area contributed by atoms with Gasteiger partial charge in [0.25, 0.3) is 11.8 Å². The molecule has 1 atom stereocenters. The van der Waals surface area contributed by atoms with Crippen LogP contribution in [0.1, 0.15) is 31.8 Å². The maximum absolute atomic E-state index is 13.2. The Bertz CT molecular complexity index is 1130. The summed E-state index contributed by atoms with van der Waals surface area (Å²) in [5.74, 6) is -0.389. The van der Waals surface area contributed by atoms with Crippen LogP contribution < -0.4 is 15.4 Å². The lowest BCUT2D eigenvalue weighted by Crippen LogP contribution is -2.37. The van der Waals surface area contributed by atoms with Crippen molar-refractivity contribution in [2.75, 3.05) is 26.5 Å². The molecule has 176 valence electrons. The molecular formula is C27H29N3O4. The van der Waals surface area contributed by atoms with Crippen molar-refractivity contribution in [3.63, 3.8) is 0 Å². The summed E-state index contributed by atoms with van der Waals surface area (Å²) in [4.78, 5) is 39.6. The average Bonchev–Trinajstić information content (AvgIpc) is 2.85. The zero-order valence-electron chi connectivity index (χ0n) is 19.6. The molecule has 0 heterocycles. The van der Waals surface area contributed by atoms with Gasteiger partial charge in [-0.05, 0) is 55.9 Å². The van der Waals surface area contributed by atoms with Crippen molar-refractivity contribution in [3.05, 3.63) is 95.1 Å². The third kappa shape index (κ3) is 6.52. The molecule has 3 aromatic carbocycles. The monoisotopic (exact) mass is 459 g/mol. The van der Waals surface area contributed by atoms with Crippen molar-refractivity contribution >= 4 is 23.8 Å². The van der Waals surface area contributed by atoms with Crippen LogP contribution in [0.2, 0.25) is 0 Å². The topological polar surface area (TPSA) is 87.7 Å². The first-order valence-electron chi connectivity index (χ1n) is 10.9. The van der Waals surface area contributed by atoms with Gasteiger partial charge in [0.2, 0.25) is 0 Å². The van der Waals surface area contributed by atoms with Crippen molar-refractivity contribution in [1.29, 1.82) is 0 Å². The van der Waals surface area contributed by atoms with E-state index in [1.165, 1.54) is 7.11 Å². The fourth-order valence-corrected chi connectivity index (χ4v) is 3.59. The molecule has 0 aliphatic rings. The maximum Gasteiger partial charge on any atom is 0.255 e. The molecule has 0 aliphatic heterocycles. The second kappa shape index (κ2) is 11.8. The van der Waals surface area contributed by atoms with Crippen LogP contribution in [0.3, 0.4) is 0 Å². The number of carbonyl (C=O) groups is 3. The normalized spacial score (nSPS) is 11.5. The van der Waals surface area contributed by atoms with Gasteiger partial charge < -0.3 is 25.1 Å². The summed E-state index contributed by atoms with van der Waals surface area (Å²) in [6, 6.07) is 20.9. The van der Waals surface area contributed by atoms with Gasteiger partial charge in [-0.1, -0.05) is 48.5 Å². The highest BCUT2D eigenvalue weighted by Crippen LogP contribution is 2.29. The summed E-state index contributed by atoms with van der Waals surface area (Å²) in [6.07, 6.45) is 1.09. The minimum atomic E-state index is -0.705. The third-order valence-corrected chi connectivity index (χ3v) is 5.22. The van der Waals surface area contributed by atoms with Gasteiger partial charge in [-0.15, -0.1) is 0 Å². The van der Waals surface area contributed by atoms with Crippen molar-refractivity contribution < 1.29 is 19.1 Å². The Morgan fingerprint density at radius 2 is 1.62 bits per heavy atom. The molecule has 0 saturated carbocycles. The molecule has 1 unspecified atom stereocenters. The molecule has 0 bridgehead atoms. The van der Waals surface area contributed by atoms with E-state index in [1.807, 2.05) is 55.4 Å². The van der Waals surface area contributed by atoms with Crippen molar-refractivity contribution in [2.24, 2.45) is 0 Å². The van der Waals surface area contributed by atoms with Crippen LogP contribution in [0.15, 0.2) is 72.8 Å². The molecular weight excluding hydrogens is 430 g/mol. The van der Waals surface area contributed by atoms with Gasteiger partial charge in [-0.3, -0.25) is 9.59 Å². The largest absolute Gasteiger partial charge is 0.496 e. The molecule has 3 rings (SSSR count). The van der Waals surface area contributed by atoms with Gasteiger partial charge in [-0.25, -0.2) is 0 Å². The highest BCUT2D eigenvalue weighted by atomic mass is 16.5. The second-order valence-electron chi connectivity index (χ2n) is 8.17. The highest BCUT2D eigenvalue weighted by Gasteiger charge is 2.21. The van der Waals surface area contributed by atoms with Gasteiger partial charge in [-0.2, -0.15) is 0 Å². The Balaban J connectivity index is 1.90. The summed E-state index contributed by atoms with van der Waals surface area (Å²) in [5, 5.41) is 5.68. The molecule has 34 heavy (non-hydrogen) atoms. The van der Waals surface area contributed by atoms with E-state index in [9.17, 15) is 14.4 Å². The fraction of sp³-hybridized carbons (Fsp3) is 0.222. The van der Waals surface area contributed by atoms with Crippen LogP contribution in [0.4, 0.5) is 5.69 Å². The van der Waals surface area contributed by atoms with Crippen LogP contribution >= 0.6 is 0 Å². The molecule has 0 saturated heterocycles. The molecule has 7 nitrogen and oxygen atoms in total. The zero-order chi connectivity index (χ0) is 24.5. The molecule has 0 aliphatic carbocycles. The predicted molar refractivity (Wildman–Crippen MR) is 132 cm³/mol. The third-order valence-electron chi connectivity index (χ3n) is 5.22. The lowest BCUT2D eigenvalue weighted by Gasteiger charge is -2.20. The Morgan fingerprint density at radius 3 is 2.21 bits per heavy atom. The SMILES string of the molecule is COc1cc(CN(C)C)c(NC(=O)c2ccccc2)cc1C(=O)NC(C=O)Cc1ccccc1. The van der Waals surface area contributed by atoms with E-state index in [2.05, 4.69) is 10.6 Å².